The zero-order chi connectivity index (χ0) is 13.8. The molecule has 2 rings (SSSR count). The number of hydrogen-bond donors (Lipinski definition) is 0. The van der Waals surface area contributed by atoms with Crippen LogP contribution in [0, 0.1) is 0 Å². The van der Waals surface area contributed by atoms with Crippen LogP contribution in [-0.2, 0) is 4.79 Å². The molecule has 0 aliphatic rings. The number of likely N-dealkylation sites (N-methyl/N-ethyl adjacent to an activating group) is 1. The van der Waals surface area contributed by atoms with Gasteiger partial charge in [-0.3, -0.25) is 4.79 Å². The van der Waals surface area contributed by atoms with Crippen LogP contribution in [0.4, 0.5) is 0 Å². The number of carbonyl (C=O) groups excluding carboxylic acids is 1. The maximum absolute atomic E-state index is 11.8. The smallest absolute Gasteiger partial charge is 0.244 e. The zero-order valence-corrected chi connectivity index (χ0v) is 11.8. The Morgan fingerprint density at radius 3 is 2.00 bits per heavy atom. The fourth-order valence-electron chi connectivity index (χ4n) is 1.84. The van der Waals surface area contributed by atoms with Crippen molar-refractivity contribution in [2.45, 2.75) is 5.38 Å². The number of hydrogen-bond acceptors (Lipinski definition) is 1. The first kappa shape index (κ1) is 13.6. The number of benzene rings is 2. The first-order valence-corrected chi connectivity index (χ1v) is 6.54. The van der Waals surface area contributed by atoms with Crippen molar-refractivity contribution in [3.63, 3.8) is 0 Å². The van der Waals surface area contributed by atoms with E-state index in [1.807, 2.05) is 42.5 Å². The van der Waals surface area contributed by atoms with E-state index in [1.54, 1.807) is 14.1 Å². The molecular weight excluding hydrogens is 258 g/mol. The molecular formula is C16H16ClNO. The van der Waals surface area contributed by atoms with Crippen LogP contribution in [0.15, 0.2) is 54.6 Å². The molecule has 0 bridgehead atoms. The summed E-state index contributed by atoms with van der Waals surface area (Å²) in [5.74, 6) is -0.103. The van der Waals surface area contributed by atoms with E-state index in [2.05, 4.69) is 12.1 Å². The lowest BCUT2D eigenvalue weighted by atomic mass is 10.0. The third kappa shape index (κ3) is 3.15. The van der Waals surface area contributed by atoms with Crippen molar-refractivity contribution in [1.29, 1.82) is 0 Å². The molecule has 0 radical (unpaired) electrons. The molecule has 2 aromatic rings. The standard InChI is InChI=1S/C16H16ClNO/c1-18(2)16(19)15(17)14-10-8-13(9-11-14)12-6-4-3-5-7-12/h3-11,15H,1-2H3. The lowest BCUT2D eigenvalue weighted by Crippen LogP contribution is -2.25. The minimum atomic E-state index is -0.625. The maximum atomic E-state index is 11.8. The quantitative estimate of drug-likeness (QED) is 0.781. The molecule has 2 aromatic carbocycles. The molecule has 2 nitrogen and oxygen atoms in total. The van der Waals surface area contributed by atoms with Crippen LogP contribution in [0.3, 0.4) is 0 Å². The number of amides is 1. The molecule has 1 unspecified atom stereocenters. The van der Waals surface area contributed by atoms with Gasteiger partial charge >= 0.3 is 0 Å². The van der Waals surface area contributed by atoms with Crippen LogP contribution < -0.4 is 0 Å². The van der Waals surface area contributed by atoms with Crippen LogP contribution in [0.2, 0.25) is 0 Å². The molecule has 0 heterocycles. The molecule has 0 aliphatic heterocycles. The van der Waals surface area contributed by atoms with E-state index in [9.17, 15) is 4.79 Å². The van der Waals surface area contributed by atoms with Crippen LogP contribution in [-0.4, -0.2) is 24.9 Å². The van der Waals surface area contributed by atoms with Gasteiger partial charge in [0.1, 0.15) is 5.38 Å². The molecule has 1 atom stereocenters. The second kappa shape index (κ2) is 5.89. The molecule has 0 saturated heterocycles. The second-order valence-electron chi connectivity index (χ2n) is 4.58. The Kier molecular flexibility index (Phi) is 4.23. The lowest BCUT2D eigenvalue weighted by molar-refractivity contribution is -0.128. The third-order valence-electron chi connectivity index (χ3n) is 2.97. The monoisotopic (exact) mass is 273 g/mol. The van der Waals surface area contributed by atoms with Crippen LogP contribution in [0.25, 0.3) is 11.1 Å². The molecule has 0 N–H and O–H groups in total. The van der Waals surface area contributed by atoms with E-state index in [1.165, 1.54) is 4.90 Å². The minimum Gasteiger partial charge on any atom is -0.347 e. The van der Waals surface area contributed by atoms with E-state index in [0.29, 0.717) is 0 Å². The van der Waals surface area contributed by atoms with Gasteiger partial charge in [-0.05, 0) is 16.7 Å². The average Bonchev–Trinajstić information content (AvgIpc) is 2.46. The summed E-state index contributed by atoms with van der Waals surface area (Å²) in [4.78, 5) is 13.3. The fourth-order valence-corrected chi connectivity index (χ4v) is 2.19. The van der Waals surface area contributed by atoms with Crippen molar-refractivity contribution in [1.82, 2.24) is 4.90 Å². The van der Waals surface area contributed by atoms with Crippen molar-refractivity contribution in [2.24, 2.45) is 0 Å². The topological polar surface area (TPSA) is 20.3 Å². The van der Waals surface area contributed by atoms with Gasteiger partial charge in [-0.15, -0.1) is 11.6 Å². The van der Waals surface area contributed by atoms with Crippen molar-refractivity contribution in [2.75, 3.05) is 14.1 Å². The molecule has 0 fully saturated rings. The summed E-state index contributed by atoms with van der Waals surface area (Å²) in [6.07, 6.45) is 0. The largest absolute Gasteiger partial charge is 0.347 e. The van der Waals surface area contributed by atoms with E-state index in [4.69, 9.17) is 11.6 Å². The van der Waals surface area contributed by atoms with Gasteiger partial charge in [0.25, 0.3) is 0 Å². The Morgan fingerprint density at radius 2 is 1.47 bits per heavy atom. The highest BCUT2D eigenvalue weighted by atomic mass is 35.5. The van der Waals surface area contributed by atoms with Gasteiger partial charge in [-0.2, -0.15) is 0 Å². The van der Waals surface area contributed by atoms with Crippen molar-refractivity contribution < 1.29 is 4.79 Å². The minimum absolute atomic E-state index is 0.103. The van der Waals surface area contributed by atoms with Crippen molar-refractivity contribution in [3.05, 3.63) is 60.2 Å². The van der Waals surface area contributed by atoms with E-state index in [-0.39, 0.29) is 5.91 Å². The Hall–Kier alpha value is -1.80. The molecule has 19 heavy (non-hydrogen) atoms. The SMILES string of the molecule is CN(C)C(=O)C(Cl)c1ccc(-c2ccccc2)cc1. The molecule has 3 heteroatoms. The summed E-state index contributed by atoms with van der Waals surface area (Å²) in [6, 6.07) is 17.9. The predicted octanol–water partition coefficient (Wildman–Crippen LogP) is 3.72. The Morgan fingerprint density at radius 1 is 0.947 bits per heavy atom. The molecule has 0 spiro atoms. The van der Waals surface area contributed by atoms with Crippen molar-refractivity contribution in [3.8, 4) is 11.1 Å². The molecule has 0 aromatic heterocycles. The number of carbonyl (C=O) groups is 1. The van der Waals surface area contributed by atoms with Crippen LogP contribution in [0.5, 0.6) is 0 Å². The number of rotatable bonds is 3. The van der Waals surface area contributed by atoms with Gasteiger partial charge in [0.15, 0.2) is 0 Å². The predicted molar refractivity (Wildman–Crippen MR) is 79.2 cm³/mol. The van der Waals surface area contributed by atoms with E-state index >= 15 is 0 Å². The van der Waals surface area contributed by atoms with E-state index < -0.39 is 5.38 Å². The van der Waals surface area contributed by atoms with E-state index in [0.717, 1.165) is 16.7 Å². The number of alkyl halides is 1. The highest BCUT2D eigenvalue weighted by Crippen LogP contribution is 2.25. The Balaban J connectivity index is 2.22. The molecule has 0 aliphatic carbocycles. The van der Waals surface area contributed by atoms with Gasteiger partial charge in [0.2, 0.25) is 5.91 Å². The average molecular weight is 274 g/mol. The normalized spacial score (nSPS) is 11.9. The Labute approximate surface area is 118 Å². The van der Waals surface area contributed by atoms with Gasteiger partial charge in [-0.25, -0.2) is 0 Å². The van der Waals surface area contributed by atoms with Crippen molar-refractivity contribution >= 4 is 17.5 Å². The third-order valence-corrected chi connectivity index (χ3v) is 3.41. The molecule has 98 valence electrons. The Bertz CT molecular complexity index is 549. The van der Waals surface area contributed by atoms with Gasteiger partial charge in [0, 0.05) is 14.1 Å². The summed E-state index contributed by atoms with van der Waals surface area (Å²) >= 11 is 6.16. The molecule has 1 amide bonds. The fraction of sp³-hybridized carbons (Fsp3) is 0.188. The van der Waals surface area contributed by atoms with Gasteiger partial charge < -0.3 is 4.90 Å². The van der Waals surface area contributed by atoms with Crippen LogP contribution >= 0.6 is 11.6 Å². The summed E-state index contributed by atoms with van der Waals surface area (Å²) < 4.78 is 0. The van der Waals surface area contributed by atoms with Crippen LogP contribution in [0.1, 0.15) is 10.9 Å². The lowest BCUT2D eigenvalue weighted by Gasteiger charge is -2.15. The second-order valence-corrected chi connectivity index (χ2v) is 5.02. The first-order chi connectivity index (χ1) is 9.09. The highest BCUT2D eigenvalue weighted by Gasteiger charge is 2.19. The molecule has 0 saturated carbocycles. The summed E-state index contributed by atoms with van der Waals surface area (Å²) in [7, 11) is 3.41. The highest BCUT2D eigenvalue weighted by molar-refractivity contribution is 6.30. The number of nitrogens with zero attached hydrogens (tertiary/aromatic N) is 1. The number of halogens is 1. The zero-order valence-electron chi connectivity index (χ0n) is 11.0. The summed E-state index contributed by atoms with van der Waals surface area (Å²) in [5, 5.41) is -0.625. The summed E-state index contributed by atoms with van der Waals surface area (Å²) in [6.45, 7) is 0. The van der Waals surface area contributed by atoms with Gasteiger partial charge in [-0.1, -0.05) is 54.6 Å². The summed E-state index contributed by atoms with van der Waals surface area (Å²) in [5.41, 5.74) is 3.09. The van der Waals surface area contributed by atoms with Gasteiger partial charge in [0.05, 0.1) is 0 Å². The first-order valence-electron chi connectivity index (χ1n) is 6.10. The maximum Gasteiger partial charge on any atom is 0.244 e.